The molecule has 1 aliphatic carbocycles. The van der Waals surface area contributed by atoms with E-state index in [1.807, 2.05) is 24.3 Å². The third kappa shape index (κ3) is 5.15. The van der Waals surface area contributed by atoms with Gasteiger partial charge in [-0.3, -0.25) is 9.59 Å². The molecule has 2 saturated heterocycles. The molecule has 2 N–H and O–H groups in total. The number of ether oxygens (including phenoxy) is 1. The Labute approximate surface area is 194 Å². The lowest BCUT2D eigenvalue weighted by atomic mass is 9.57. The number of anilines is 1. The minimum Gasteiger partial charge on any atom is -0.381 e. The summed E-state index contributed by atoms with van der Waals surface area (Å²) in [6, 6.07) is 7.55. The molecule has 1 spiro atoms. The molecule has 3 fully saturated rings. The monoisotopic (exact) mass is 465 g/mol. The topological polar surface area (TPSA) is 70.7 Å². The van der Waals surface area contributed by atoms with E-state index >= 15 is 0 Å². The van der Waals surface area contributed by atoms with Crippen molar-refractivity contribution in [2.75, 3.05) is 43.9 Å². The summed E-state index contributed by atoms with van der Waals surface area (Å²) >= 11 is 10.0. The van der Waals surface area contributed by atoms with Gasteiger partial charge < -0.3 is 20.3 Å². The van der Waals surface area contributed by atoms with Crippen LogP contribution >= 0.6 is 24.2 Å². The summed E-state index contributed by atoms with van der Waals surface area (Å²) in [6.07, 6.45) is 5.71. The number of carbonyl (C=O) groups excluding carboxylic acids is 2. The Morgan fingerprint density at radius 1 is 1.10 bits per heavy atom. The van der Waals surface area contributed by atoms with E-state index < -0.39 is 5.54 Å². The Balaban J connectivity index is 1.34. The number of nitrogens with one attached hydrogen (secondary N) is 2. The number of piperidine rings is 1. The van der Waals surface area contributed by atoms with Gasteiger partial charge in [-0.1, -0.05) is 11.6 Å². The molecule has 4 rings (SSSR count). The minimum atomic E-state index is -0.615. The van der Waals surface area contributed by atoms with Crippen LogP contribution in [0.4, 0.5) is 5.69 Å². The van der Waals surface area contributed by atoms with Gasteiger partial charge >= 0.3 is 0 Å². The van der Waals surface area contributed by atoms with Crippen molar-refractivity contribution in [3.8, 4) is 0 Å². The van der Waals surface area contributed by atoms with Crippen LogP contribution in [0.3, 0.4) is 0 Å². The number of thiol groups is 1. The van der Waals surface area contributed by atoms with Gasteiger partial charge in [0.25, 0.3) is 0 Å². The second-order valence-corrected chi connectivity index (χ2v) is 10.1. The molecule has 0 radical (unpaired) electrons. The molecule has 8 heteroatoms. The number of hydrogen-bond acceptors (Lipinski definition) is 5. The Morgan fingerprint density at radius 2 is 1.74 bits per heavy atom. The quantitative estimate of drug-likeness (QED) is 0.563. The summed E-state index contributed by atoms with van der Waals surface area (Å²) in [5.41, 5.74) is 0.647. The van der Waals surface area contributed by atoms with Gasteiger partial charge in [-0.15, -0.1) is 0 Å². The van der Waals surface area contributed by atoms with Gasteiger partial charge in [0.05, 0.1) is 5.75 Å². The van der Waals surface area contributed by atoms with Gasteiger partial charge in [0.2, 0.25) is 11.8 Å². The zero-order valence-corrected chi connectivity index (χ0v) is 19.5. The van der Waals surface area contributed by atoms with Crippen LogP contribution in [0.15, 0.2) is 24.3 Å². The van der Waals surface area contributed by atoms with Crippen molar-refractivity contribution < 1.29 is 14.3 Å². The predicted octanol–water partition coefficient (Wildman–Crippen LogP) is 3.37. The lowest BCUT2D eigenvalue weighted by Gasteiger charge is -2.53. The largest absolute Gasteiger partial charge is 0.381 e. The molecule has 1 saturated carbocycles. The van der Waals surface area contributed by atoms with Crippen LogP contribution in [0.1, 0.15) is 38.5 Å². The Hall–Kier alpha value is -1.44. The molecule has 3 aliphatic rings. The van der Waals surface area contributed by atoms with Gasteiger partial charge in [0, 0.05) is 56.4 Å². The molecular formula is C23H32ClN3O3S. The van der Waals surface area contributed by atoms with Crippen LogP contribution in [0.25, 0.3) is 0 Å². The van der Waals surface area contributed by atoms with Crippen molar-refractivity contribution in [1.29, 1.82) is 0 Å². The van der Waals surface area contributed by atoms with Crippen molar-refractivity contribution in [3.05, 3.63) is 29.3 Å². The molecule has 1 aromatic carbocycles. The van der Waals surface area contributed by atoms with Crippen molar-refractivity contribution >= 4 is 41.7 Å². The van der Waals surface area contributed by atoms with Gasteiger partial charge in [-0.2, -0.15) is 12.6 Å². The first kappa shape index (κ1) is 22.7. The summed E-state index contributed by atoms with van der Waals surface area (Å²) in [5, 5.41) is 7.16. The van der Waals surface area contributed by atoms with Crippen molar-refractivity contribution in [1.82, 2.24) is 10.2 Å². The summed E-state index contributed by atoms with van der Waals surface area (Å²) in [6.45, 7) is 3.53. The molecule has 0 aromatic heterocycles. The van der Waals surface area contributed by atoms with Gasteiger partial charge in [0.15, 0.2) is 0 Å². The number of amides is 2. The third-order valence-corrected chi connectivity index (χ3v) is 7.81. The highest BCUT2D eigenvalue weighted by Gasteiger charge is 2.49. The van der Waals surface area contributed by atoms with Gasteiger partial charge in [0.1, 0.15) is 5.54 Å². The van der Waals surface area contributed by atoms with E-state index in [0.29, 0.717) is 42.4 Å². The first-order valence-corrected chi connectivity index (χ1v) is 12.2. The van der Waals surface area contributed by atoms with E-state index in [-0.39, 0.29) is 17.6 Å². The first-order chi connectivity index (χ1) is 14.9. The van der Waals surface area contributed by atoms with E-state index in [4.69, 9.17) is 16.3 Å². The number of halogens is 1. The fourth-order valence-corrected chi connectivity index (χ4v) is 5.68. The normalized spacial score (nSPS) is 22.6. The van der Waals surface area contributed by atoms with E-state index in [0.717, 1.165) is 51.0 Å². The highest BCUT2D eigenvalue weighted by molar-refractivity contribution is 7.81. The SMILES string of the molecule is O=C(CS)NCC1CC2(CCN(C(=O)C3(Nc4ccc(Cl)cc4)CCOCC3)CC2)C1. The van der Waals surface area contributed by atoms with Crippen LogP contribution in [0.2, 0.25) is 5.02 Å². The summed E-state index contributed by atoms with van der Waals surface area (Å²) in [7, 11) is 0. The molecule has 0 atom stereocenters. The summed E-state index contributed by atoms with van der Waals surface area (Å²) in [5.74, 6) is 0.989. The van der Waals surface area contributed by atoms with Crippen molar-refractivity contribution in [2.45, 2.75) is 44.1 Å². The molecular weight excluding hydrogens is 434 g/mol. The maximum Gasteiger partial charge on any atom is 0.248 e. The van der Waals surface area contributed by atoms with Gasteiger partial charge in [-0.05, 0) is 61.3 Å². The predicted molar refractivity (Wildman–Crippen MR) is 126 cm³/mol. The van der Waals surface area contributed by atoms with Gasteiger partial charge in [-0.25, -0.2) is 0 Å². The first-order valence-electron chi connectivity index (χ1n) is 11.2. The number of carbonyl (C=O) groups is 2. The molecule has 1 aromatic rings. The fourth-order valence-electron chi connectivity index (χ4n) is 5.44. The van der Waals surface area contributed by atoms with E-state index in [1.165, 1.54) is 0 Å². The van der Waals surface area contributed by atoms with Crippen LogP contribution < -0.4 is 10.6 Å². The lowest BCUT2D eigenvalue weighted by Crippen LogP contribution is -2.59. The molecule has 0 bridgehead atoms. The zero-order valence-electron chi connectivity index (χ0n) is 17.9. The highest BCUT2D eigenvalue weighted by Crippen LogP contribution is 2.52. The molecule has 170 valence electrons. The Bertz CT molecular complexity index is 782. The number of hydrogen-bond donors (Lipinski definition) is 3. The lowest BCUT2D eigenvalue weighted by molar-refractivity contribution is -0.143. The van der Waals surface area contributed by atoms with Crippen LogP contribution in [-0.2, 0) is 14.3 Å². The maximum absolute atomic E-state index is 13.7. The molecule has 2 aliphatic heterocycles. The maximum atomic E-state index is 13.7. The average molecular weight is 466 g/mol. The summed E-state index contributed by atoms with van der Waals surface area (Å²) < 4.78 is 5.57. The number of likely N-dealkylation sites (tertiary alicyclic amines) is 1. The van der Waals surface area contributed by atoms with Crippen LogP contribution in [-0.4, -0.2) is 60.9 Å². The zero-order chi connectivity index (χ0) is 21.9. The van der Waals surface area contributed by atoms with Crippen LogP contribution in [0.5, 0.6) is 0 Å². The minimum absolute atomic E-state index is 0.000328. The molecule has 2 heterocycles. The van der Waals surface area contributed by atoms with Crippen molar-refractivity contribution in [2.24, 2.45) is 11.3 Å². The van der Waals surface area contributed by atoms with E-state index in [2.05, 4.69) is 28.2 Å². The van der Waals surface area contributed by atoms with Crippen LogP contribution in [0, 0.1) is 11.3 Å². The molecule has 6 nitrogen and oxygen atoms in total. The van der Waals surface area contributed by atoms with E-state index in [9.17, 15) is 9.59 Å². The summed E-state index contributed by atoms with van der Waals surface area (Å²) in [4.78, 5) is 27.1. The van der Waals surface area contributed by atoms with Crippen molar-refractivity contribution in [3.63, 3.8) is 0 Å². The fraction of sp³-hybridized carbons (Fsp3) is 0.652. The average Bonchev–Trinajstić information content (AvgIpc) is 2.78. The Kier molecular flexibility index (Phi) is 7.04. The highest BCUT2D eigenvalue weighted by atomic mass is 35.5. The number of nitrogens with zero attached hydrogens (tertiary/aromatic N) is 1. The molecule has 2 amide bonds. The Morgan fingerprint density at radius 3 is 2.35 bits per heavy atom. The molecule has 0 unspecified atom stereocenters. The number of rotatable bonds is 6. The molecule has 31 heavy (non-hydrogen) atoms. The van der Waals surface area contributed by atoms with E-state index in [1.54, 1.807) is 0 Å². The smallest absolute Gasteiger partial charge is 0.248 e. The number of benzene rings is 1. The second-order valence-electron chi connectivity index (χ2n) is 9.36. The standard InChI is InChI=1S/C23H32ClN3O3S/c24-18-1-3-19(4-2-18)26-23(7-11-30-12-8-23)21(29)27-9-5-22(6-10-27)13-17(14-22)15-25-20(28)16-31/h1-4,17,26,31H,5-16H2,(H,25,28). The third-order valence-electron chi connectivity index (χ3n) is 7.27. The second kappa shape index (κ2) is 9.59.